The van der Waals surface area contributed by atoms with Crippen LogP contribution in [0, 0.1) is 5.82 Å². The molecule has 2 N–H and O–H groups in total. The Hall–Kier alpha value is -1.34. The number of benzene rings is 1. The average molecular weight is 285 g/mol. The molecule has 2 rings (SSSR count). The third-order valence-corrected chi connectivity index (χ3v) is 3.91. The number of hydrogen-bond acceptors (Lipinski definition) is 6. The summed E-state index contributed by atoms with van der Waals surface area (Å²) in [6, 6.07) is 2.88. The number of halogens is 1. The smallest absolute Gasteiger partial charge is 0.178 e. The van der Waals surface area contributed by atoms with E-state index in [1.807, 2.05) is 6.92 Å². The van der Waals surface area contributed by atoms with Crippen molar-refractivity contribution in [1.82, 2.24) is 10.2 Å². The van der Waals surface area contributed by atoms with Crippen molar-refractivity contribution in [1.29, 1.82) is 0 Å². The van der Waals surface area contributed by atoms with E-state index >= 15 is 0 Å². The van der Waals surface area contributed by atoms with Crippen LogP contribution in [0.1, 0.15) is 13.3 Å². The van der Waals surface area contributed by atoms with Gasteiger partial charge in [-0.3, -0.25) is 0 Å². The standard InChI is InChI=1S/C11H12FN3OS2/c1-2-3-16-9-5-10(8(13)4-7(9)12)18-11-15-14-6-17-11/h4-6H,2-3,13H2,1H3. The Balaban J connectivity index is 2.23. The van der Waals surface area contributed by atoms with Crippen molar-refractivity contribution >= 4 is 28.8 Å². The number of ether oxygens (including phenoxy) is 1. The highest BCUT2D eigenvalue weighted by molar-refractivity contribution is 8.01. The lowest BCUT2D eigenvalue weighted by Gasteiger charge is -2.09. The minimum atomic E-state index is -0.442. The zero-order valence-corrected chi connectivity index (χ0v) is 11.4. The van der Waals surface area contributed by atoms with Gasteiger partial charge in [-0.1, -0.05) is 30.0 Å². The molecule has 0 aliphatic heterocycles. The Morgan fingerprint density at radius 3 is 3.00 bits per heavy atom. The van der Waals surface area contributed by atoms with Crippen molar-refractivity contribution in [3.05, 3.63) is 23.5 Å². The number of aromatic nitrogens is 2. The first kappa shape index (κ1) is 13.1. The van der Waals surface area contributed by atoms with E-state index in [-0.39, 0.29) is 5.75 Å². The van der Waals surface area contributed by atoms with E-state index in [9.17, 15) is 4.39 Å². The number of nitrogens with two attached hydrogens (primary N) is 1. The second-order valence-corrected chi connectivity index (χ2v) is 5.60. The molecule has 0 atom stereocenters. The molecule has 0 amide bonds. The quantitative estimate of drug-likeness (QED) is 0.855. The molecule has 96 valence electrons. The van der Waals surface area contributed by atoms with Crippen LogP contribution in [0.2, 0.25) is 0 Å². The van der Waals surface area contributed by atoms with Gasteiger partial charge in [0.2, 0.25) is 0 Å². The third-order valence-electron chi connectivity index (χ3n) is 2.06. The minimum Gasteiger partial charge on any atom is -0.490 e. The van der Waals surface area contributed by atoms with Gasteiger partial charge in [0, 0.05) is 16.6 Å². The molecule has 0 saturated heterocycles. The average Bonchev–Trinajstić information content (AvgIpc) is 2.84. The van der Waals surface area contributed by atoms with Crippen molar-refractivity contribution < 1.29 is 9.13 Å². The van der Waals surface area contributed by atoms with Crippen LogP contribution in [0.5, 0.6) is 5.75 Å². The van der Waals surface area contributed by atoms with Gasteiger partial charge in [0.1, 0.15) is 5.51 Å². The van der Waals surface area contributed by atoms with E-state index in [0.29, 0.717) is 12.3 Å². The van der Waals surface area contributed by atoms with Crippen molar-refractivity contribution in [2.75, 3.05) is 12.3 Å². The second-order valence-electron chi connectivity index (χ2n) is 3.48. The fourth-order valence-corrected chi connectivity index (χ4v) is 2.75. The van der Waals surface area contributed by atoms with Crippen molar-refractivity contribution in [3.63, 3.8) is 0 Å². The summed E-state index contributed by atoms with van der Waals surface area (Å²) in [6.07, 6.45) is 0.822. The Labute approximate surface area is 112 Å². The van der Waals surface area contributed by atoms with Crippen LogP contribution in [0.25, 0.3) is 0 Å². The van der Waals surface area contributed by atoms with Gasteiger partial charge >= 0.3 is 0 Å². The summed E-state index contributed by atoms with van der Waals surface area (Å²) in [5, 5.41) is 7.65. The first-order valence-electron chi connectivity index (χ1n) is 5.36. The molecule has 1 aromatic heterocycles. The lowest BCUT2D eigenvalue weighted by Crippen LogP contribution is -1.99. The molecule has 18 heavy (non-hydrogen) atoms. The van der Waals surface area contributed by atoms with Gasteiger partial charge in [-0.15, -0.1) is 10.2 Å². The van der Waals surface area contributed by atoms with E-state index in [1.165, 1.54) is 29.2 Å². The Morgan fingerprint density at radius 1 is 1.50 bits per heavy atom. The van der Waals surface area contributed by atoms with E-state index in [4.69, 9.17) is 10.5 Å². The number of nitrogens with zero attached hydrogens (tertiary/aromatic N) is 2. The highest BCUT2D eigenvalue weighted by Crippen LogP contribution is 2.36. The van der Waals surface area contributed by atoms with E-state index in [2.05, 4.69) is 10.2 Å². The first-order chi connectivity index (χ1) is 8.70. The summed E-state index contributed by atoms with van der Waals surface area (Å²) in [6.45, 7) is 2.44. The molecule has 0 bridgehead atoms. The molecule has 2 aromatic rings. The van der Waals surface area contributed by atoms with Gasteiger partial charge in [-0.25, -0.2) is 4.39 Å². The molecular formula is C11H12FN3OS2. The van der Waals surface area contributed by atoms with E-state index < -0.39 is 5.82 Å². The van der Waals surface area contributed by atoms with Crippen LogP contribution in [0.15, 0.2) is 26.9 Å². The summed E-state index contributed by atoms with van der Waals surface area (Å²) >= 11 is 2.76. The monoisotopic (exact) mass is 285 g/mol. The second kappa shape index (κ2) is 6.01. The van der Waals surface area contributed by atoms with E-state index in [0.717, 1.165) is 15.7 Å². The Morgan fingerprint density at radius 2 is 2.33 bits per heavy atom. The van der Waals surface area contributed by atoms with Crippen molar-refractivity contribution in [2.24, 2.45) is 0 Å². The van der Waals surface area contributed by atoms with Crippen molar-refractivity contribution in [2.45, 2.75) is 22.6 Å². The molecule has 4 nitrogen and oxygen atoms in total. The zero-order chi connectivity index (χ0) is 13.0. The largest absolute Gasteiger partial charge is 0.490 e. The Kier molecular flexibility index (Phi) is 4.38. The van der Waals surface area contributed by atoms with Gasteiger partial charge in [0.15, 0.2) is 15.9 Å². The summed E-state index contributed by atoms with van der Waals surface area (Å²) < 4.78 is 19.7. The molecule has 0 radical (unpaired) electrons. The van der Waals surface area contributed by atoms with Gasteiger partial charge in [-0.05, 0) is 12.5 Å². The van der Waals surface area contributed by atoms with Crippen LogP contribution in [-0.4, -0.2) is 16.8 Å². The summed E-state index contributed by atoms with van der Waals surface area (Å²) in [4.78, 5) is 0.722. The summed E-state index contributed by atoms with van der Waals surface area (Å²) in [5.41, 5.74) is 7.78. The van der Waals surface area contributed by atoms with Crippen molar-refractivity contribution in [3.8, 4) is 5.75 Å². The van der Waals surface area contributed by atoms with Crippen LogP contribution in [0.4, 0.5) is 10.1 Å². The molecule has 0 saturated carbocycles. The highest BCUT2D eigenvalue weighted by atomic mass is 32.2. The molecule has 0 fully saturated rings. The predicted octanol–water partition coefficient (Wildman–Crippen LogP) is 3.20. The van der Waals surface area contributed by atoms with Crippen LogP contribution in [0.3, 0.4) is 0 Å². The molecule has 0 aliphatic rings. The van der Waals surface area contributed by atoms with Gasteiger partial charge in [0.05, 0.1) is 6.61 Å². The maximum Gasteiger partial charge on any atom is 0.178 e. The third kappa shape index (κ3) is 3.11. The number of anilines is 1. The normalized spacial score (nSPS) is 10.6. The van der Waals surface area contributed by atoms with Crippen LogP contribution < -0.4 is 10.5 Å². The molecule has 1 heterocycles. The first-order valence-corrected chi connectivity index (χ1v) is 7.06. The molecule has 1 aromatic carbocycles. The lowest BCUT2D eigenvalue weighted by atomic mass is 10.3. The molecule has 7 heteroatoms. The zero-order valence-electron chi connectivity index (χ0n) is 9.72. The molecule has 0 aliphatic carbocycles. The molecule has 0 unspecified atom stereocenters. The number of rotatable bonds is 5. The minimum absolute atomic E-state index is 0.220. The maximum absolute atomic E-state index is 13.6. The molecular weight excluding hydrogens is 273 g/mol. The highest BCUT2D eigenvalue weighted by Gasteiger charge is 2.11. The SMILES string of the molecule is CCCOc1cc(Sc2nncs2)c(N)cc1F. The molecule has 0 spiro atoms. The fourth-order valence-electron chi connectivity index (χ4n) is 1.26. The van der Waals surface area contributed by atoms with Gasteiger partial charge in [0.25, 0.3) is 0 Å². The fraction of sp³-hybridized carbons (Fsp3) is 0.273. The summed E-state index contributed by atoms with van der Waals surface area (Å²) in [7, 11) is 0. The number of nitrogen functional groups attached to an aromatic ring is 1. The predicted molar refractivity (Wildman–Crippen MR) is 70.6 cm³/mol. The van der Waals surface area contributed by atoms with Gasteiger partial charge in [-0.2, -0.15) is 0 Å². The van der Waals surface area contributed by atoms with Gasteiger partial charge < -0.3 is 10.5 Å². The van der Waals surface area contributed by atoms with E-state index in [1.54, 1.807) is 11.6 Å². The summed E-state index contributed by atoms with van der Waals surface area (Å²) in [5.74, 6) is -0.222. The lowest BCUT2D eigenvalue weighted by molar-refractivity contribution is 0.300. The Bertz CT molecular complexity index is 519. The maximum atomic E-state index is 13.6. The number of hydrogen-bond donors (Lipinski definition) is 1. The van der Waals surface area contributed by atoms with Crippen LogP contribution in [-0.2, 0) is 0 Å². The topological polar surface area (TPSA) is 61.0 Å². The van der Waals surface area contributed by atoms with Crippen LogP contribution >= 0.6 is 23.1 Å².